The van der Waals surface area contributed by atoms with E-state index in [0.717, 1.165) is 46.5 Å². The normalized spacial score (nSPS) is 24.9. The average molecular weight is 479 g/mol. The minimum atomic E-state index is -0.668. The zero-order valence-electron chi connectivity index (χ0n) is 20.7. The third-order valence-electron chi connectivity index (χ3n) is 8.11. The van der Waals surface area contributed by atoms with Crippen molar-refractivity contribution in [3.05, 3.63) is 82.8 Å². The summed E-state index contributed by atoms with van der Waals surface area (Å²) in [6.45, 7) is 3.89. The molecule has 0 aliphatic heterocycles. The summed E-state index contributed by atoms with van der Waals surface area (Å²) in [5, 5.41) is 9.95. The van der Waals surface area contributed by atoms with Crippen LogP contribution in [0.1, 0.15) is 54.4 Å². The standard InChI is InChI=1S/C30H30N4O2/c1-18-25-13-12-24-27(21-8-6-7-20(15-21)11-14-26(32)35)33-19(2)34-29(24)30(25,16-22(17-31)28(18)36)23-9-4-3-5-10-23/h3-10,15,18,22,25H,11-14,16H2,1-2H3,(H2,32,35)/t18-,22?,25-,30-/m0/s1. The lowest BCUT2D eigenvalue weighted by atomic mass is 9.50. The molecule has 0 saturated heterocycles. The van der Waals surface area contributed by atoms with Crippen molar-refractivity contribution in [2.45, 2.75) is 51.4 Å². The highest BCUT2D eigenvalue weighted by Crippen LogP contribution is 2.56. The molecule has 5 rings (SSSR count). The van der Waals surface area contributed by atoms with Gasteiger partial charge in [-0.25, -0.2) is 9.97 Å². The Morgan fingerprint density at radius 3 is 2.67 bits per heavy atom. The molecule has 1 unspecified atom stereocenters. The summed E-state index contributed by atoms with van der Waals surface area (Å²) in [6, 6.07) is 20.7. The molecule has 36 heavy (non-hydrogen) atoms. The van der Waals surface area contributed by atoms with Crippen LogP contribution in [0.4, 0.5) is 0 Å². The van der Waals surface area contributed by atoms with Gasteiger partial charge in [-0.05, 0) is 55.7 Å². The zero-order valence-corrected chi connectivity index (χ0v) is 20.7. The summed E-state index contributed by atoms with van der Waals surface area (Å²) in [7, 11) is 0. The van der Waals surface area contributed by atoms with Crippen molar-refractivity contribution in [2.75, 3.05) is 0 Å². The van der Waals surface area contributed by atoms with E-state index in [2.05, 4.69) is 24.3 Å². The van der Waals surface area contributed by atoms with Crippen molar-refractivity contribution in [1.29, 1.82) is 5.26 Å². The van der Waals surface area contributed by atoms with Crippen LogP contribution in [0.3, 0.4) is 0 Å². The van der Waals surface area contributed by atoms with Crippen molar-refractivity contribution in [3.8, 4) is 17.3 Å². The smallest absolute Gasteiger partial charge is 0.217 e. The number of fused-ring (bicyclic) bond motifs is 3. The van der Waals surface area contributed by atoms with E-state index in [9.17, 15) is 14.9 Å². The van der Waals surface area contributed by atoms with Crippen LogP contribution in [0.15, 0.2) is 54.6 Å². The van der Waals surface area contributed by atoms with Gasteiger partial charge in [0.15, 0.2) is 5.78 Å². The predicted molar refractivity (Wildman–Crippen MR) is 137 cm³/mol. The van der Waals surface area contributed by atoms with E-state index in [1.807, 2.05) is 50.2 Å². The van der Waals surface area contributed by atoms with Crippen LogP contribution in [-0.4, -0.2) is 21.7 Å². The van der Waals surface area contributed by atoms with E-state index in [1.54, 1.807) is 0 Å². The molecule has 1 saturated carbocycles. The van der Waals surface area contributed by atoms with E-state index >= 15 is 0 Å². The molecular formula is C30H30N4O2. The highest BCUT2D eigenvalue weighted by atomic mass is 16.1. The van der Waals surface area contributed by atoms with E-state index in [4.69, 9.17) is 15.7 Å². The number of hydrogen-bond donors (Lipinski definition) is 1. The number of rotatable bonds is 5. The lowest BCUT2D eigenvalue weighted by Gasteiger charge is -2.51. The number of benzene rings is 2. The topological polar surface area (TPSA) is 110 Å². The highest BCUT2D eigenvalue weighted by Gasteiger charge is 2.56. The van der Waals surface area contributed by atoms with Gasteiger partial charge in [-0.2, -0.15) is 5.26 Å². The van der Waals surface area contributed by atoms with Gasteiger partial charge in [0, 0.05) is 28.9 Å². The molecule has 1 fully saturated rings. The number of primary amides is 1. The fourth-order valence-corrected chi connectivity index (χ4v) is 6.48. The van der Waals surface area contributed by atoms with Gasteiger partial charge in [0.05, 0.1) is 17.5 Å². The van der Waals surface area contributed by atoms with Crippen molar-refractivity contribution < 1.29 is 9.59 Å². The molecule has 182 valence electrons. The Balaban J connectivity index is 1.72. The lowest BCUT2D eigenvalue weighted by Crippen LogP contribution is -2.53. The molecule has 4 atom stereocenters. The summed E-state index contributed by atoms with van der Waals surface area (Å²) in [6.07, 6.45) is 2.90. The van der Waals surface area contributed by atoms with Crippen LogP contribution in [0.5, 0.6) is 0 Å². The highest BCUT2D eigenvalue weighted by molar-refractivity contribution is 5.87. The van der Waals surface area contributed by atoms with Gasteiger partial charge in [-0.1, -0.05) is 55.5 Å². The molecule has 1 heterocycles. The molecule has 6 heteroatoms. The summed E-state index contributed by atoms with van der Waals surface area (Å²) in [5.41, 5.74) is 10.9. The molecule has 2 N–H and O–H groups in total. The molecule has 0 radical (unpaired) electrons. The molecule has 1 aromatic heterocycles. The number of nitrogens with two attached hydrogens (primary N) is 1. The number of Topliss-reactive ketones (excluding diaryl/α,β-unsaturated/α-hetero) is 1. The molecule has 0 bridgehead atoms. The Kier molecular flexibility index (Phi) is 6.17. The number of carbonyl (C=O) groups is 2. The van der Waals surface area contributed by atoms with Crippen LogP contribution in [0.25, 0.3) is 11.3 Å². The van der Waals surface area contributed by atoms with E-state index in [1.165, 1.54) is 0 Å². The Hall–Kier alpha value is -3.85. The zero-order chi connectivity index (χ0) is 25.4. The summed E-state index contributed by atoms with van der Waals surface area (Å²) < 4.78 is 0. The average Bonchev–Trinajstić information content (AvgIpc) is 2.89. The fourth-order valence-electron chi connectivity index (χ4n) is 6.48. The number of nitriles is 1. The third-order valence-corrected chi connectivity index (χ3v) is 8.11. The van der Waals surface area contributed by atoms with Gasteiger partial charge in [-0.15, -0.1) is 0 Å². The number of ketones is 1. The van der Waals surface area contributed by atoms with Gasteiger partial charge in [-0.3, -0.25) is 9.59 Å². The van der Waals surface area contributed by atoms with Crippen LogP contribution in [0.2, 0.25) is 0 Å². The predicted octanol–water partition coefficient (Wildman–Crippen LogP) is 4.47. The molecule has 2 aromatic carbocycles. The fraction of sp³-hybridized carbons (Fsp3) is 0.367. The first-order chi connectivity index (χ1) is 17.3. The molecular weight excluding hydrogens is 448 g/mol. The van der Waals surface area contributed by atoms with Gasteiger partial charge in [0.1, 0.15) is 11.7 Å². The van der Waals surface area contributed by atoms with E-state index in [0.29, 0.717) is 25.1 Å². The van der Waals surface area contributed by atoms with Gasteiger partial charge < -0.3 is 5.73 Å². The monoisotopic (exact) mass is 478 g/mol. The number of carbonyl (C=O) groups excluding carboxylic acids is 2. The van der Waals surface area contributed by atoms with Crippen LogP contribution >= 0.6 is 0 Å². The molecule has 6 nitrogen and oxygen atoms in total. The second kappa shape index (κ2) is 9.31. The second-order valence-corrected chi connectivity index (χ2v) is 10.2. The minimum absolute atomic E-state index is 0.0469. The minimum Gasteiger partial charge on any atom is -0.370 e. The molecule has 0 spiro atoms. The number of amides is 1. The Labute approximate surface area is 211 Å². The largest absolute Gasteiger partial charge is 0.370 e. The molecule has 2 aliphatic carbocycles. The Bertz CT molecular complexity index is 1380. The van der Waals surface area contributed by atoms with E-state index < -0.39 is 11.3 Å². The van der Waals surface area contributed by atoms with Gasteiger partial charge >= 0.3 is 0 Å². The summed E-state index contributed by atoms with van der Waals surface area (Å²) in [5.74, 6) is -0.440. The maximum atomic E-state index is 13.1. The van der Waals surface area contributed by atoms with Crippen LogP contribution in [-0.2, 0) is 27.8 Å². The maximum absolute atomic E-state index is 13.1. The Morgan fingerprint density at radius 1 is 1.17 bits per heavy atom. The second-order valence-electron chi connectivity index (χ2n) is 10.2. The summed E-state index contributed by atoms with van der Waals surface area (Å²) >= 11 is 0. The van der Waals surface area contributed by atoms with E-state index in [-0.39, 0.29) is 23.5 Å². The SMILES string of the molecule is Cc1nc(-c2cccc(CCC(N)=O)c2)c2c(n1)[C@]1(c3ccccc3)CC(C#N)C(=O)[C@@H](C)[C@@H]1CC2. The van der Waals surface area contributed by atoms with Crippen molar-refractivity contribution in [1.82, 2.24) is 9.97 Å². The van der Waals surface area contributed by atoms with Crippen molar-refractivity contribution in [2.24, 2.45) is 23.5 Å². The first kappa shape index (κ1) is 23.9. The molecule has 2 aliphatic rings. The maximum Gasteiger partial charge on any atom is 0.217 e. The third kappa shape index (κ3) is 3.89. The summed E-state index contributed by atoms with van der Waals surface area (Å²) in [4.78, 5) is 34.4. The first-order valence-electron chi connectivity index (χ1n) is 12.6. The van der Waals surface area contributed by atoms with Gasteiger partial charge in [0.25, 0.3) is 0 Å². The molecule has 3 aromatic rings. The van der Waals surface area contributed by atoms with Crippen molar-refractivity contribution in [3.63, 3.8) is 0 Å². The Morgan fingerprint density at radius 2 is 1.94 bits per heavy atom. The van der Waals surface area contributed by atoms with Crippen LogP contribution in [0, 0.1) is 36.0 Å². The van der Waals surface area contributed by atoms with Crippen molar-refractivity contribution >= 4 is 11.7 Å². The lowest BCUT2D eigenvalue weighted by molar-refractivity contribution is -0.131. The number of nitrogens with zero attached hydrogens (tertiary/aromatic N) is 3. The number of aromatic nitrogens is 2. The number of hydrogen-bond acceptors (Lipinski definition) is 5. The van der Waals surface area contributed by atoms with Crippen LogP contribution < -0.4 is 5.73 Å². The quantitative estimate of drug-likeness (QED) is 0.582. The van der Waals surface area contributed by atoms with Gasteiger partial charge in [0.2, 0.25) is 5.91 Å². The first-order valence-corrected chi connectivity index (χ1v) is 12.6. The molecule has 1 amide bonds. The number of aryl methyl sites for hydroxylation is 2.